The quantitative estimate of drug-likeness (QED) is 0.151. The van der Waals surface area contributed by atoms with Crippen LogP contribution in [0.25, 0.3) is 11.0 Å². The monoisotopic (exact) mass is 788 g/mol. The van der Waals surface area contributed by atoms with Crippen molar-refractivity contribution in [3.63, 3.8) is 0 Å². The fourth-order valence-electron chi connectivity index (χ4n) is 4.15. The molecule has 0 aliphatic heterocycles. The summed E-state index contributed by atoms with van der Waals surface area (Å²) in [6.07, 6.45) is 4.42. The SMILES string of the molecule is CN(C)c1cccc(Oc2c(CI)cc(Nc3ncnc4ccn(CCNC(=O)CS(C)(=O)=O)c34)cc2CI)c1. The van der Waals surface area contributed by atoms with Gasteiger partial charge in [-0.1, -0.05) is 51.2 Å². The van der Waals surface area contributed by atoms with E-state index in [1.54, 1.807) is 0 Å². The second-order valence-electron chi connectivity index (χ2n) is 9.40. The molecule has 1 amide bonds. The first kappa shape index (κ1) is 30.3. The molecule has 10 nitrogen and oxygen atoms in total. The standard InChI is InChI=1S/C27H30I2N6O4S/c1-34(2)21-5-4-6-22(13-21)39-26-18(14-28)11-20(12-19(26)15-29)33-27-25-23(31-17-32-27)7-9-35(25)10-8-30-24(36)16-40(3,37)38/h4-7,9,11-13,17H,8,10,14-16H2,1-3H3,(H,30,36)(H,31,32,33). The van der Waals surface area contributed by atoms with Crippen LogP contribution in [0.5, 0.6) is 11.5 Å². The van der Waals surface area contributed by atoms with Gasteiger partial charge in [0.2, 0.25) is 5.91 Å². The lowest BCUT2D eigenvalue weighted by Crippen LogP contribution is -2.32. The summed E-state index contributed by atoms with van der Waals surface area (Å²) in [5.74, 6) is 1.20. The van der Waals surface area contributed by atoms with E-state index in [0.29, 0.717) is 12.4 Å². The molecule has 0 aliphatic carbocycles. The van der Waals surface area contributed by atoms with Gasteiger partial charge in [0.05, 0.1) is 5.52 Å². The number of amides is 1. The fraction of sp³-hybridized carbons (Fsp3) is 0.296. The Morgan fingerprint density at radius 3 is 2.45 bits per heavy atom. The number of halogens is 2. The first-order valence-corrected chi connectivity index (χ1v) is 17.4. The maximum absolute atomic E-state index is 11.9. The van der Waals surface area contributed by atoms with E-state index in [2.05, 4.69) is 77.9 Å². The van der Waals surface area contributed by atoms with Gasteiger partial charge in [-0.05, 0) is 30.3 Å². The van der Waals surface area contributed by atoms with Crippen LogP contribution >= 0.6 is 45.2 Å². The molecule has 13 heteroatoms. The molecule has 2 aromatic heterocycles. The zero-order valence-electron chi connectivity index (χ0n) is 22.3. The van der Waals surface area contributed by atoms with Crippen molar-refractivity contribution < 1.29 is 17.9 Å². The Morgan fingerprint density at radius 2 is 1.80 bits per heavy atom. The number of nitrogens with one attached hydrogen (secondary N) is 2. The van der Waals surface area contributed by atoms with Crippen LogP contribution in [0.1, 0.15) is 11.1 Å². The van der Waals surface area contributed by atoms with Crippen LogP contribution in [0.15, 0.2) is 55.0 Å². The Hall–Kier alpha value is -2.66. The number of anilines is 3. The lowest BCUT2D eigenvalue weighted by molar-refractivity contribution is -0.118. The number of hydrogen-bond acceptors (Lipinski definition) is 8. The molecule has 0 bridgehead atoms. The van der Waals surface area contributed by atoms with Crippen LogP contribution in [-0.4, -0.2) is 61.5 Å². The summed E-state index contributed by atoms with van der Waals surface area (Å²) < 4.78 is 32.6. The Labute approximate surface area is 261 Å². The summed E-state index contributed by atoms with van der Waals surface area (Å²) in [6.45, 7) is 0.698. The van der Waals surface area contributed by atoms with Crippen LogP contribution < -0.4 is 20.3 Å². The van der Waals surface area contributed by atoms with Crippen molar-refractivity contribution in [3.05, 3.63) is 66.1 Å². The summed E-state index contributed by atoms with van der Waals surface area (Å²) in [7, 11) is 0.621. The zero-order valence-corrected chi connectivity index (χ0v) is 27.4. The lowest BCUT2D eigenvalue weighted by Gasteiger charge is -2.18. The first-order valence-electron chi connectivity index (χ1n) is 12.3. The third-order valence-electron chi connectivity index (χ3n) is 5.97. The summed E-state index contributed by atoms with van der Waals surface area (Å²) in [6, 6.07) is 14.0. The van der Waals surface area contributed by atoms with E-state index < -0.39 is 21.5 Å². The van der Waals surface area contributed by atoms with E-state index in [0.717, 1.165) is 60.1 Å². The smallest absolute Gasteiger partial charge is 0.235 e. The third-order valence-corrected chi connectivity index (χ3v) is 8.40. The highest BCUT2D eigenvalue weighted by molar-refractivity contribution is 14.1. The van der Waals surface area contributed by atoms with Crippen LogP contribution in [0.3, 0.4) is 0 Å². The average molecular weight is 788 g/mol. The molecule has 0 unspecified atom stereocenters. The number of aromatic nitrogens is 3. The minimum absolute atomic E-state index is 0.269. The number of carbonyl (C=O) groups excluding carboxylic acids is 1. The zero-order chi connectivity index (χ0) is 28.9. The van der Waals surface area contributed by atoms with Crippen molar-refractivity contribution in [2.24, 2.45) is 0 Å². The molecular formula is C27H30I2N6O4S. The van der Waals surface area contributed by atoms with Gasteiger partial charge in [-0.25, -0.2) is 18.4 Å². The Morgan fingerprint density at radius 1 is 1.07 bits per heavy atom. The van der Waals surface area contributed by atoms with E-state index in [4.69, 9.17) is 4.74 Å². The number of hydrogen-bond donors (Lipinski definition) is 2. The van der Waals surface area contributed by atoms with Crippen LogP contribution in [0, 0.1) is 0 Å². The predicted molar refractivity (Wildman–Crippen MR) is 176 cm³/mol. The third kappa shape index (κ3) is 7.75. The molecule has 2 aromatic carbocycles. The molecule has 0 saturated carbocycles. The first-order chi connectivity index (χ1) is 19.1. The van der Waals surface area contributed by atoms with Crippen molar-refractivity contribution in [2.45, 2.75) is 15.4 Å². The minimum Gasteiger partial charge on any atom is -0.457 e. The molecule has 2 N–H and O–H groups in total. The van der Waals surface area contributed by atoms with Gasteiger partial charge in [0.1, 0.15) is 29.1 Å². The Bertz CT molecular complexity index is 1600. The highest BCUT2D eigenvalue weighted by Crippen LogP contribution is 2.37. The fourth-order valence-corrected chi connectivity index (χ4v) is 5.86. The molecule has 0 aliphatic rings. The predicted octanol–water partition coefficient (Wildman–Crippen LogP) is 5.06. The molecular weight excluding hydrogens is 758 g/mol. The number of alkyl halides is 2. The number of rotatable bonds is 12. The Kier molecular flexibility index (Phi) is 10.1. The van der Waals surface area contributed by atoms with Gasteiger partial charge in [-0.15, -0.1) is 0 Å². The van der Waals surface area contributed by atoms with E-state index in [9.17, 15) is 13.2 Å². The maximum atomic E-state index is 11.9. The van der Waals surface area contributed by atoms with Gasteiger partial charge in [0.25, 0.3) is 0 Å². The molecule has 212 valence electrons. The number of nitrogens with zero attached hydrogens (tertiary/aromatic N) is 4. The van der Waals surface area contributed by atoms with Crippen molar-refractivity contribution in [1.82, 2.24) is 19.9 Å². The molecule has 0 saturated heterocycles. The Balaban J connectivity index is 1.59. The van der Waals surface area contributed by atoms with Crippen LogP contribution in [-0.2, 0) is 30.0 Å². The van der Waals surface area contributed by atoms with Crippen LogP contribution in [0.4, 0.5) is 17.2 Å². The summed E-state index contributed by atoms with van der Waals surface area (Å²) in [5, 5.41) is 6.12. The van der Waals surface area contributed by atoms with Gasteiger partial charge in [0, 0.05) is 77.1 Å². The van der Waals surface area contributed by atoms with Crippen molar-refractivity contribution >= 4 is 89.2 Å². The van der Waals surface area contributed by atoms with Gasteiger partial charge in [-0.3, -0.25) is 4.79 Å². The number of benzene rings is 2. The summed E-state index contributed by atoms with van der Waals surface area (Å²) in [4.78, 5) is 22.8. The van der Waals surface area contributed by atoms with Crippen molar-refractivity contribution in [2.75, 3.05) is 42.9 Å². The normalized spacial score (nSPS) is 11.4. The highest BCUT2D eigenvalue weighted by Gasteiger charge is 2.16. The molecule has 4 rings (SSSR count). The second kappa shape index (κ2) is 13.3. The van der Waals surface area contributed by atoms with Gasteiger partial charge in [0.15, 0.2) is 15.7 Å². The molecule has 4 aromatic rings. The van der Waals surface area contributed by atoms with E-state index in [1.165, 1.54) is 6.33 Å². The average Bonchev–Trinajstić information content (AvgIpc) is 3.32. The lowest BCUT2D eigenvalue weighted by atomic mass is 10.1. The molecule has 2 heterocycles. The number of ether oxygens (including phenoxy) is 1. The number of fused-ring (bicyclic) bond motifs is 1. The molecule has 0 fully saturated rings. The van der Waals surface area contributed by atoms with Crippen molar-refractivity contribution in [1.29, 1.82) is 0 Å². The van der Waals surface area contributed by atoms with Crippen molar-refractivity contribution in [3.8, 4) is 11.5 Å². The van der Waals surface area contributed by atoms with E-state index in [-0.39, 0.29) is 6.54 Å². The summed E-state index contributed by atoms with van der Waals surface area (Å²) >= 11 is 4.69. The molecule has 0 atom stereocenters. The summed E-state index contributed by atoms with van der Waals surface area (Å²) in [5.41, 5.74) is 5.59. The highest BCUT2D eigenvalue weighted by atomic mass is 127. The molecule has 0 spiro atoms. The number of sulfone groups is 1. The van der Waals surface area contributed by atoms with Crippen LogP contribution in [0.2, 0.25) is 0 Å². The van der Waals surface area contributed by atoms with E-state index in [1.807, 2.05) is 60.1 Å². The second-order valence-corrected chi connectivity index (χ2v) is 13.1. The number of carbonyl (C=O) groups is 1. The van der Waals surface area contributed by atoms with Gasteiger partial charge in [-0.2, -0.15) is 0 Å². The maximum Gasteiger partial charge on any atom is 0.235 e. The van der Waals surface area contributed by atoms with E-state index >= 15 is 0 Å². The topological polar surface area (TPSA) is 118 Å². The molecule has 0 radical (unpaired) electrons. The minimum atomic E-state index is -3.38. The van der Waals surface area contributed by atoms with Gasteiger partial charge >= 0.3 is 0 Å². The molecule has 40 heavy (non-hydrogen) atoms. The van der Waals surface area contributed by atoms with Gasteiger partial charge < -0.3 is 24.8 Å². The largest absolute Gasteiger partial charge is 0.457 e.